The van der Waals surface area contributed by atoms with E-state index in [4.69, 9.17) is 4.42 Å². The van der Waals surface area contributed by atoms with Crippen LogP contribution in [-0.4, -0.2) is 12.8 Å². The minimum absolute atomic E-state index is 0.896. The van der Waals surface area contributed by atoms with Gasteiger partial charge in [-0.2, -0.15) is 0 Å². The Labute approximate surface area is 227 Å². The zero-order valence-electron chi connectivity index (χ0n) is 21.6. The molecule has 1 aromatic heterocycles. The zero-order chi connectivity index (χ0) is 26.2. The van der Waals surface area contributed by atoms with Crippen LogP contribution in [0.25, 0.3) is 43.8 Å². The van der Waals surface area contributed by atoms with Gasteiger partial charge in [-0.05, 0) is 64.4 Å². The first-order chi connectivity index (χ1) is 19.3. The Kier molecular flexibility index (Phi) is 5.68. The Balaban J connectivity index is 1.24. The van der Waals surface area contributed by atoms with Gasteiger partial charge in [-0.15, -0.1) is 0 Å². The average Bonchev–Trinajstić information content (AvgIpc) is 3.34. The molecule has 1 N–H and O–H groups in total. The highest BCUT2D eigenvalue weighted by molar-refractivity contribution is 6.16. The van der Waals surface area contributed by atoms with E-state index < -0.39 is 0 Å². The van der Waals surface area contributed by atoms with Crippen LogP contribution in [0.5, 0.6) is 0 Å². The van der Waals surface area contributed by atoms with E-state index in [2.05, 4.69) is 120 Å². The van der Waals surface area contributed by atoms with Crippen molar-refractivity contribution >= 4 is 49.8 Å². The average molecular weight is 503 g/mol. The third-order valence-electron chi connectivity index (χ3n) is 7.27. The van der Waals surface area contributed by atoms with E-state index in [0.29, 0.717) is 0 Å². The monoisotopic (exact) mass is 502 g/mol. The maximum Gasteiger partial charge on any atom is 0.136 e. The largest absolute Gasteiger partial charge is 0.456 e. The fourth-order valence-corrected chi connectivity index (χ4v) is 5.37. The Bertz CT molecular complexity index is 2000. The summed E-state index contributed by atoms with van der Waals surface area (Å²) in [6.07, 6.45) is 0. The number of rotatable bonds is 5. The molecule has 3 heteroatoms. The summed E-state index contributed by atoms with van der Waals surface area (Å²) < 4.78 is 6.32. The van der Waals surface area contributed by atoms with Gasteiger partial charge in [0.15, 0.2) is 0 Å². The fourth-order valence-electron chi connectivity index (χ4n) is 5.37. The van der Waals surface area contributed by atoms with E-state index in [0.717, 1.165) is 61.3 Å². The van der Waals surface area contributed by atoms with Crippen LogP contribution in [0, 0.1) is 0 Å². The Morgan fingerprint density at radius 2 is 1.31 bits per heavy atom. The van der Waals surface area contributed by atoms with Crippen molar-refractivity contribution < 1.29 is 4.42 Å². The third-order valence-corrected chi connectivity index (χ3v) is 7.27. The number of fused-ring (bicyclic) bond motifs is 4. The van der Waals surface area contributed by atoms with E-state index in [1.807, 2.05) is 31.3 Å². The summed E-state index contributed by atoms with van der Waals surface area (Å²) in [7, 11) is 1.84. The van der Waals surface area contributed by atoms with Crippen molar-refractivity contribution in [3.63, 3.8) is 0 Å². The van der Waals surface area contributed by atoms with Gasteiger partial charge in [-0.25, -0.2) is 0 Å². The minimum atomic E-state index is 0.896. The van der Waals surface area contributed by atoms with Gasteiger partial charge in [0.1, 0.15) is 11.2 Å². The van der Waals surface area contributed by atoms with Crippen molar-refractivity contribution in [3.05, 3.63) is 145 Å². The number of para-hydroxylation sites is 1. The molecule has 0 aliphatic carbocycles. The number of aliphatic imine (C=N–C) groups is 1. The summed E-state index contributed by atoms with van der Waals surface area (Å²) in [6.45, 7) is 0. The van der Waals surface area contributed by atoms with Gasteiger partial charge in [0.2, 0.25) is 0 Å². The van der Waals surface area contributed by atoms with Crippen molar-refractivity contribution in [2.45, 2.75) is 0 Å². The van der Waals surface area contributed by atoms with Gasteiger partial charge in [-0.1, -0.05) is 91.0 Å². The number of anilines is 2. The van der Waals surface area contributed by atoms with E-state index in [1.165, 1.54) is 10.8 Å². The highest BCUT2D eigenvalue weighted by atomic mass is 16.3. The lowest BCUT2D eigenvalue weighted by atomic mass is 10.00. The maximum absolute atomic E-state index is 6.32. The molecule has 0 bridgehead atoms. The Morgan fingerprint density at radius 1 is 0.590 bits per heavy atom. The number of furan rings is 1. The van der Waals surface area contributed by atoms with Crippen molar-refractivity contribution in [2.24, 2.45) is 4.99 Å². The van der Waals surface area contributed by atoms with E-state index in [9.17, 15) is 0 Å². The molecule has 186 valence electrons. The molecular weight excluding hydrogens is 476 g/mol. The molecule has 1 heterocycles. The third kappa shape index (κ3) is 4.24. The maximum atomic E-state index is 6.32. The normalized spacial score (nSPS) is 11.9. The Morgan fingerprint density at radius 3 is 2.15 bits per heavy atom. The number of nitrogens with one attached hydrogen (secondary N) is 1. The molecule has 0 fully saturated rings. The van der Waals surface area contributed by atoms with Crippen LogP contribution in [0.15, 0.2) is 143 Å². The molecule has 3 nitrogen and oxygen atoms in total. The second kappa shape index (κ2) is 9.62. The molecule has 6 aromatic carbocycles. The molecular formula is C36H26N2O. The molecule has 7 aromatic rings. The van der Waals surface area contributed by atoms with Gasteiger partial charge in [0.05, 0.1) is 5.71 Å². The number of hydrogen-bond donors (Lipinski definition) is 1. The lowest BCUT2D eigenvalue weighted by Crippen LogP contribution is -2.06. The Hall–Kier alpha value is -5.15. The molecule has 0 aliphatic rings. The van der Waals surface area contributed by atoms with Crippen LogP contribution in [0.2, 0.25) is 0 Å². The smallest absolute Gasteiger partial charge is 0.136 e. The number of nitrogens with zero attached hydrogens (tertiary/aromatic N) is 1. The molecule has 0 saturated heterocycles. The summed E-state index contributed by atoms with van der Waals surface area (Å²) in [5.41, 5.74) is 9.19. The summed E-state index contributed by atoms with van der Waals surface area (Å²) in [4.78, 5) is 4.63. The van der Waals surface area contributed by atoms with Crippen molar-refractivity contribution in [1.82, 2.24) is 0 Å². The van der Waals surface area contributed by atoms with Crippen LogP contribution in [0.1, 0.15) is 11.1 Å². The van der Waals surface area contributed by atoms with Gasteiger partial charge in [0.25, 0.3) is 0 Å². The van der Waals surface area contributed by atoms with E-state index in [1.54, 1.807) is 0 Å². The first-order valence-electron chi connectivity index (χ1n) is 13.1. The highest BCUT2D eigenvalue weighted by Crippen LogP contribution is 2.35. The second-order valence-corrected chi connectivity index (χ2v) is 9.70. The van der Waals surface area contributed by atoms with Gasteiger partial charge < -0.3 is 9.73 Å². The predicted octanol–water partition coefficient (Wildman–Crippen LogP) is 9.62. The molecule has 0 saturated carbocycles. The first-order valence-corrected chi connectivity index (χ1v) is 13.1. The summed E-state index contributed by atoms with van der Waals surface area (Å²) in [5, 5.41) is 8.33. The topological polar surface area (TPSA) is 37.5 Å². The molecule has 0 radical (unpaired) electrons. The lowest BCUT2D eigenvalue weighted by molar-refractivity contribution is 0.669. The van der Waals surface area contributed by atoms with Crippen molar-refractivity contribution in [3.8, 4) is 11.1 Å². The minimum Gasteiger partial charge on any atom is -0.456 e. The van der Waals surface area contributed by atoms with Crippen LogP contribution >= 0.6 is 0 Å². The second-order valence-electron chi connectivity index (χ2n) is 9.70. The van der Waals surface area contributed by atoms with Crippen LogP contribution < -0.4 is 5.32 Å². The highest BCUT2D eigenvalue weighted by Gasteiger charge is 2.13. The van der Waals surface area contributed by atoms with Crippen LogP contribution in [0.4, 0.5) is 11.4 Å². The lowest BCUT2D eigenvalue weighted by Gasteiger charge is -2.15. The quantitative estimate of drug-likeness (QED) is 0.238. The molecule has 7 rings (SSSR count). The van der Waals surface area contributed by atoms with Crippen molar-refractivity contribution in [1.29, 1.82) is 0 Å². The van der Waals surface area contributed by atoms with Crippen molar-refractivity contribution in [2.75, 3.05) is 12.4 Å². The molecule has 0 atom stereocenters. The first kappa shape index (κ1) is 23.0. The molecule has 0 amide bonds. The zero-order valence-corrected chi connectivity index (χ0v) is 21.6. The van der Waals surface area contributed by atoms with E-state index >= 15 is 0 Å². The molecule has 39 heavy (non-hydrogen) atoms. The summed E-state index contributed by atoms with van der Waals surface area (Å²) in [5.74, 6) is 0. The number of hydrogen-bond acceptors (Lipinski definition) is 3. The van der Waals surface area contributed by atoms with Crippen LogP contribution in [0.3, 0.4) is 0 Å². The van der Waals surface area contributed by atoms with E-state index in [-0.39, 0.29) is 0 Å². The summed E-state index contributed by atoms with van der Waals surface area (Å²) >= 11 is 0. The van der Waals surface area contributed by atoms with Gasteiger partial charge in [0, 0.05) is 40.3 Å². The molecule has 0 aliphatic heterocycles. The standard InChI is InChI=1S/C36H26N2O/c1-37-36(24-10-3-2-4-11-24)31-16-7-8-17-33(31)38-29-15-9-14-25(20-29)28-18-19-30-32-21-26-12-5-6-13-27(26)22-35(32)39-34(30)23-28/h2-23,38H,1H3. The molecule has 0 spiro atoms. The summed E-state index contributed by atoms with van der Waals surface area (Å²) in [6, 6.07) is 46.4. The SMILES string of the molecule is CN=C(c1ccccc1)c1ccccc1Nc1cccc(-c2ccc3c(c2)oc2cc4ccccc4cc23)c1. The van der Waals surface area contributed by atoms with Crippen LogP contribution in [-0.2, 0) is 0 Å². The number of benzene rings is 6. The predicted molar refractivity (Wildman–Crippen MR) is 164 cm³/mol. The fraction of sp³-hybridized carbons (Fsp3) is 0.0278. The molecule has 0 unspecified atom stereocenters. The van der Waals surface area contributed by atoms with Gasteiger partial charge in [-0.3, -0.25) is 4.99 Å². The van der Waals surface area contributed by atoms with Gasteiger partial charge >= 0.3 is 0 Å².